The summed E-state index contributed by atoms with van der Waals surface area (Å²) in [5, 5.41) is 24.0. The lowest BCUT2D eigenvalue weighted by Crippen LogP contribution is -2.11. The SMILES string of the molecule is CC(C)Nc1cc(Nc2ccc3ncsc3c2)ncc1-c1nnc(-c2ccc(F)c(OCCO)c2)o1. The third kappa shape index (κ3) is 5.11. The summed E-state index contributed by atoms with van der Waals surface area (Å²) in [6, 6.07) is 12.2. The van der Waals surface area contributed by atoms with E-state index in [1.807, 2.05) is 43.6 Å². The van der Waals surface area contributed by atoms with E-state index in [4.69, 9.17) is 14.3 Å². The maximum absolute atomic E-state index is 14.0. The molecule has 3 heterocycles. The van der Waals surface area contributed by atoms with Gasteiger partial charge < -0.3 is 24.9 Å². The summed E-state index contributed by atoms with van der Waals surface area (Å²) in [5.74, 6) is 0.568. The number of fused-ring (bicyclic) bond motifs is 1. The average Bonchev–Trinajstić information content (AvgIpc) is 3.53. The zero-order valence-corrected chi connectivity index (χ0v) is 20.3. The minimum atomic E-state index is -0.544. The van der Waals surface area contributed by atoms with E-state index in [2.05, 4.69) is 30.8 Å². The lowest BCUT2D eigenvalue weighted by Gasteiger charge is -2.15. The molecule has 9 nitrogen and oxygen atoms in total. The second kappa shape index (κ2) is 10.3. The van der Waals surface area contributed by atoms with Crippen LogP contribution in [0, 0.1) is 5.82 Å². The number of hydrogen-bond acceptors (Lipinski definition) is 10. The van der Waals surface area contributed by atoms with Gasteiger partial charge in [-0.2, -0.15) is 0 Å². The van der Waals surface area contributed by atoms with E-state index in [1.54, 1.807) is 17.5 Å². The molecule has 0 atom stereocenters. The first-order valence-electron chi connectivity index (χ1n) is 11.2. The molecule has 0 aliphatic heterocycles. The molecule has 0 saturated heterocycles. The van der Waals surface area contributed by atoms with Gasteiger partial charge >= 0.3 is 0 Å². The Labute approximate surface area is 210 Å². The molecule has 0 aliphatic rings. The standard InChI is InChI=1S/C25H23FN6O3S/c1-14(2)29-20-11-23(30-16-4-6-19-22(10-16)36-13-28-19)27-12-17(20)25-32-31-24(35-25)15-3-5-18(26)21(9-15)34-8-7-33/h3-6,9-14,33H,7-8H2,1-2H3,(H2,27,29,30). The van der Waals surface area contributed by atoms with Crippen LogP contribution in [0.25, 0.3) is 33.1 Å². The van der Waals surface area contributed by atoms with Crippen LogP contribution in [0.15, 0.2) is 58.6 Å². The summed E-state index contributed by atoms with van der Waals surface area (Å²) in [7, 11) is 0. The Morgan fingerprint density at radius 2 is 1.94 bits per heavy atom. The Balaban J connectivity index is 1.44. The molecule has 0 aliphatic carbocycles. The van der Waals surface area contributed by atoms with Gasteiger partial charge in [0, 0.05) is 29.6 Å². The van der Waals surface area contributed by atoms with Crippen LogP contribution in [0.4, 0.5) is 21.6 Å². The smallest absolute Gasteiger partial charge is 0.251 e. The number of anilines is 3. The topological polar surface area (TPSA) is 118 Å². The van der Waals surface area contributed by atoms with Crippen LogP contribution in [-0.4, -0.2) is 44.5 Å². The van der Waals surface area contributed by atoms with Crippen molar-refractivity contribution in [1.29, 1.82) is 0 Å². The Morgan fingerprint density at radius 1 is 1.08 bits per heavy atom. The van der Waals surface area contributed by atoms with Gasteiger partial charge in [0.15, 0.2) is 11.6 Å². The highest BCUT2D eigenvalue weighted by Crippen LogP contribution is 2.33. The molecule has 0 saturated carbocycles. The molecule has 184 valence electrons. The number of aromatic nitrogens is 4. The zero-order chi connectivity index (χ0) is 25.1. The normalized spacial score (nSPS) is 11.2. The van der Waals surface area contributed by atoms with Gasteiger partial charge in [0.1, 0.15) is 12.4 Å². The van der Waals surface area contributed by atoms with Gasteiger partial charge in [-0.25, -0.2) is 14.4 Å². The fraction of sp³-hybridized carbons (Fsp3) is 0.200. The van der Waals surface area contributed by atoms with Gasteiger partial charge in [-0.1, -0.05) is 0 Å². The van der Waals surface area contributed by atoms with Crippen molar-refractivity contribution in [3.63, 3.8) is 0 Å². The summed E-state index contributed by atoms with van der Waals surface area (Å²) in [6.45, 7) is 3.81. The van der Waals surface area contributed by atoms with E-state index in [9.17, 15) is 4.39 Å². The van der Waals surface area contributed by atoms with Gasteiger partial charge in [0.05, 0.1) is 33.6 Å². The maximum Gasteiger partial charge on any atom is 0.251 e. The molecule has 0 amide bonds. The number of aliphatic hydroxyl groups is 1. The van der Waals surface area contributed by atoms with Crippen molar-refractivity contribution in [3.05, 3.63) is 60.0 Å². The Kier molecular flexibility index (Phi) is 6.74. The lowest BCUT2D eigenvalue weighted by atomic mass is 10.2. The van der Waals surface area contributed by atoms with E-state index >= 15 is 0 Å². The molecule has 0 unspecified atom stereocenters. The predicted octanol–water partition coefficient (Wildman–Crippen LogP) is 5.48. The van der Waals surface area contributed by atoms with E-state index in [1.165, 1.54) is 18.2 Å². The number of thiazole rings is 1. The van der Waals surface area contributed by atoms with E-state index < -0.39 is 5.82 Å². The van der Waals surface area contributed by atoms with E-state index in [0.717, 1.165) is 21.6 Å². The number of nitrogens with one attached hydrogen (secondary N) is 2. The lowest BCUT2D eigenvalue weighted by molar-refractivity contribution is 0.196. The Hall–Kier alpha value is -4.09. The van der Waals surface area contributed by atoms with Crippen LogP contribution < -0.4 is 15.4 Å². The second-order valence-corrected chi connectivity index (χ2v) is 9.09. The Bertz CT molecular complexity index is 1500. The molecule has 11 heteroatoms. The summed E-state index contributed by atoms with van der Waals surface area (Å²) in [6.07, 6.45) is 1.66. The van der Waals surface area contributed by atoms with Gasteiger partial charge in [-0.15, -0.1) is 21.5 Å². The fourth-order valence-electron chi connectivity index (χ4n) is 3.56. The first kappa shape index (κ1) is 23.6. The van der Waals surface area contributed by atoms with Gasteiger partial charge in [-0.3, -0.25) is 0 Å². The van der Waals surface area contributed by atoms with Crippen molar-refractivity contribution in [2.24, 2.45) is 0 Å². The molecule has 0 bridgehead atoms. The minimum Gasteiger partial charge on any atom is -0.488 e. The van der Waals surface area contributed by atoms with Crippen LogP contribution in [-0.2, 0) is 0 Å². The quantitative estimate of drug-likeness (QED) is 0.239. The third-order valence-corrected chi connectivity index (χ3v) is 5.93. The van der Waals surface area contributed by atoms with Crippen molar-refractivity contribution in [2.45, 2.75) is 19.9 Å². The highest BCUT2D eigenvalue weighted by atomic mass is 32.1. The highest BCUT2D eigenvalue weighted by Gasteiger charge is 2.18. The molecule has 3 N–H and O–H groups in total. The minimum absolute atomic E-state index is 0.00271. The first-order valence-corrected chi connectivity index (χ1v) is 12.1. The van der Waals surface area contributed by atoms with Crippen LogP contribution in [0.3, 0.4) is 0 Å². The number of rotatable bonds is 9. The molecule has 36 heavy (non-hydrogen) atoms. The van der Waals surface area contributed by atoms with Crippen LogP contribution >= 0.6 is 11.3 Å². The highest BCUT2D eigenvalue weighted by molar-refractivity contribution is 7.16. The number of benzene rings is 2. The largest absolute Gasteiger partial charge is 0.488 e. The van der Waals surface area contributed by atoms with Crippen molar-refractivity contribution in [2.75, 3.05) is 23.8 Å². The summed E-state index contributed by atoms with van der Waals surface area (Å²) in [5.41, 5.74) is 5.56. The predicted molar refractivity (Wildman–Crippen MR) is 137 cm³/mol. The van der Waals surface area contributed by atoms with Crippen LogP contribution in [0.2, 0.25) is 0 Å². The third-order valence-electron chi connectivity index (χ3n) is 5.13. The molecule has 5 rings (SSSR count). The summed E-state index contributed by atoms with van der Waals surface area (Å²) < 4.78 is 26.3. The first-order chi connectivity index (χ1) is 17.5. The van der Waals surface area contributed by atoms with E-state index in [-0.39, 0.29) is 36.8 Å². The number of aliphatic hydroxyl groups excluding tert-OH is 1. The molecule has 0 spiro atoms. The monoisotopic (exact) mass is 506 g/mol. The molecule has 0 radical (unpaired) electrons. The Morgan fingerprint density at radius 3 is 2.78 bits per heavy atom. The van der Waals surface area contributed by atoms with Crippen molar-refractivity contribution in [1.82, 2.24) is 20.2 Å². The number of halogens is 1. The van der Waals surface area contributed by atoms with Crippen LogP contribution in [0.5, 0.6) is 5.75 Å². The average molecular weight is 507 g/mol. The number of hydrogen-bond donors (Lipinski definition) is 3. The van der Waals surface area contributed by atoms with Gasteiger partial charge in [0.2, 0.25) is 5.89 Å². The second-order valence-electron chi connectivity index (χ2n) is 8.20. The van der Waals surface area contributed by atoms with Crippen LogP contribution in [0.1, 0.15) is 13.8 Å². The molecule has 5 aromatic rings. The fourth-order valence-corrected chi connectivity index (χ4v) is 4.27. The van der Waals surface area contributed by atoms with E-state index in [0.29, 0.717) is 16.9 Å². The summed E-state index contributed by atoms with van der Waals surface area (Å²) >= 11 is 1.58. The zero-order valence-electron chi connectivity index (χ0n) is 19.5. The number of nitrogens with zero attached hydrogens (tertiary/aromatic N) is 4. The molecular formula is C25H23FN6O3S. The van der Waals surface area contributed by atoms with Crippen molar-refractivity contribution in [3.8, 4) is 28.7 Å². The maximum atomic E-state index is 14.0. The molecular weight excluding hydrogens is 483 g/mol. The van der Waals surface area contributed by atoms with Crippen molar-refractivity contribution >= 4 is 38.7 Å². The molecule has 3 aromatic heterocycles. The van der Waals surface area contributed by atoms with Gasteiger partial charge in [0.25, 0.3) is 5.89 Å². The number of ether oxygens (including phenoxy) is 1. The van der Waals surface area contributed by atoms with Gasteiger partial charge in [-0.05, 0) is 50.2 Å². The number of pyridine rings is 1. The molecule has 2 aromatic carbocycles. The molecule has 0 fully saturated rings. The summed E-state index contributed by atoms with van der Waals surface area (Å²) in [4.78, 5) is 8.85. The van der Waals surface area contributed by atoms with Crippen molar-refractivity contribution < 1.29 is 18.7 Å².